The second-order valence-electron chi connectivity index (χ2n) is 3.40. The van der Waals surface area contributed by atoms with E-state index in [4.69, 9.17) is 10.8 Å². The molecule has 0 radical (unpaired) electrons. The van der Waals surface area contributed by atoms with Gasteiger partial charge in [-0.2, -0.15) is 0 Å². The summed E-state index contributed by atoms with van der Waals surface area (Å²) in [6, 6.07) is 6.60. The van der Waals surface area contributed by atoms with Gasteiger partial charge in [-0.05, 0) is 12.1 Å². The van der Waals surface area contributed by atoms with E-state index in [1.165, 1.54) is 11.3 Å². The van der Waals surface area contributed by atoms with Gasteiger partial charge in [-0.15, -0.1) is 11.3 Å². The molecule has 0 spiro atoms. The van der Waals surface area contributed by atoms with Crippen LogP contribution < -0.4 is 5.73 Å². The maximum atomic E-state index is 10.7. The number of hydrogen-bond donors (Lipinski definition) is 2. The largest absolute Gasteiger partial charge is 0.480 e. The van der Waals surface area contributed by atoms with E-state index in [1.54, 1.807) is 5.38 Å². The number of thiazole rings is 1. The molecule has 0 bridgehead atoms. The fourth-order valence-electron chi connectivity index (χ4n) is 1.31. The second-order valence-corrected chi connectivity index (χ2v) is 5.18. The van der Waals surface area contributed by atoms with E-state index in [0.717, 1.165) is 15.0 Å². The van der Waals surface area contributed by atoms with Crippen LogP contribution in [0.4, 0.5) is 0 Å². The molecule has 0 aliphatic rings. The third-order valence-electron chi connectivity index (χ3n) is 2.18. The van der Waals surface area contributed by atoms with Gasteiger partial charge in [0.05, 0.1) is 5.69 Å². The number of benzene rings is 1. The van der Waals surface area contributed by atoms with Gasteiger partial charge in [0.1, 0.15) is 11.0 Å². The van der Waals surface area contributed by atoms with Crippen LogP contribution in [0.5, 0.6) is 0 Å². The van der Waals surface area contributed by atoms with Gasteiger partial charge in [0.25, 0.3) is 0 Å². The number of hydrogen-bond acceptors (Lipinski definition) is 4. The first kappa shape index (κ1) is 12.2. The van der Waals surface area contributed by atoms with E-state index < -0.39 is 12.0 Å². The molecule has 1 aromatic carbocycles. The Morgan fingerprint density at radius 3 is 2.94 bits per heavy atom. The summed E-state index contributed by atoms with van der Waals surface area (Å²) in [7, 11) is 0. The molecular formula is C11H9BrN2O2S. The van der Waals surface area contributed by atoms with E-state index in [-0.39, 0.29) is 0 Å². The fraction of sp³-hybridized carbons (Fsp3) is 0.0909. The number of nitrogens with zero attached hydrogens (tertiary/aromatic N) is 1. The predicted molar refractivity (Wildman–Crippen MR) is 69.8 cm³/mol. The summed E-state index contributed by atoms with van der Waals surface area (Å²) in [6.45, 7) is 0. The summed E-state index contributed by atoms with van der Waals surface area (Å²) in [4.78, 5) is 15.0. The Morgan fingerprint density at radius 1 is 1.53 bits per heavy atom. The van der Waals surface area contributed by atoms with Crippen molar-refractivity contribution in [3.8, 4) is 10.6 Å². The molecule has 0 saturated carbocycles. The molecule has 1 heterocycles. The summed E-state index contributed by atoms with van der Waals surface area (Å²) in [5.41, 5.74) is 6.82. The number of halogens is 1. The molecule has 0 fully saturated rings. The van der Waals surface area contributed by atoms with Gasteiger partial charge in [-0.3, -0.25) is 4.79 Å². The predicted octanol–water partition coefficient (Wildman–Crippen LogP) is 2.66. The average molecular weight is 313 g/mol. The van der Waals surface area contributed by atoms with Crippen molar-refractivity contribution in [2.75, 3.05) is 0 Å². The van der Waals surface area contributed by atoms with Crippen LogP contribution in [0.15, 0.2) is 34.1 Å². The van der Waals surface area contributed by atoms with Crippen molar-refractivity contribution >= 4 is 33.2 Å². The van der Waals surface area contributed by atoms with E-state index in [0.29, 0.717) is 5.69 Å². The topological polar surface area (TPSA) is 76.2 Å². The number of carboxylic acids is 1. The highest BCUT2D eigenvalue weighted by atomic mass is 79.9. The lowest BCUT2D eigenvalue weighted by Crippen LogP contribution is -2.20. The van der Waals surface area contributed by atoms with Crippen molar-refractivity contribution in [1.29, 1.82) is 0 Å². The maximum absolute atomic E-state index is 10.7. The molecule has 17 heavy (non-hydrogen) atoms. The van der Waals surface area contributed by atoms with Crippen LogP contribution in [-0.2, 0) is 4.79 Å². The smallest absolute Gasteiger partial charge is 0.326 e. The first-order chi connectivity index (χ1) is 8.08. The van der Waals surface area contributed by atoms with Gasteiger partial charge in [0, 0.05) is 15.4 Å². The first-order valence-electron chi connectivity index (χ1n) is 4.77. The summed E-state index contributed by atoms with van der Waals surface area (Å²) in [6.07, 6.45) is 0. The van der Waals surface area contributed by atoms with Crippen molar-refractivity contribution in [2.24, 2.45) is 5.73 Å². The lowest BCUT2D eigenvalue weighted by atomic mass is 10.2. The van der Waals surface area contributed by atoms with Crippen LogP contribution in [0, 0.1) is 0 Å². The zero-order valence-corrected chi connectivity index (χ0v) is 11.0. The van der Waals surface area contributed by atoms with Gasteiger partial charge in [0.2, 0.25) is 0 Å². The molecule has 3 N–H and O–H groups in total. The normalized spacial score (nSPS) is 12.4. The Morgan fingerprint density at radius 2 is 2.29 bits per heavy atom. The molecule has 0 amide bonds. The van der Waals surface area contributed by atoms with Crippen LogP contribution in [0.3, 0.4) is 0 Å². The molecule has 6 heteroatoms. The van der Waals surface area contributed by atoms with E-state index in [1.807, 2.05) is 24.3 Å². The fourth-order valence-corrected chi connectivity index (χ4v) is 2.56. The lowest BCUT2D eigenvalue weighted by Gasteiger charge is -2.01. The van der Waals surface area contributed by atoms with Crippen LogP contribution >= 0.6 is 27.3 Å². The molecule has 0 saturated heterocycles. The lowest BCUT2D eigenvalue weighted by molar-refractivity contribution is -0.138. The van der Waals surface area contributed by atoms with Gasteiger partial charge >= 0.3 is 5.97 Å². The minimum absolute atomic E-state index is 0.387. The monoisotopic (exact) mass is 312 g/mol. The van der Waals surface area contributed by atoms with Crippen molar-refractivity contribution in [2.45, 2.75) is 6.04 Å². The molecule has 1 unspecified atom stereocenters. The number of carboxylic acid groups (broad SMARTS) is 1. The van der Waals surface area contributed by atoms with Crippen LogP contribution in [0.1, 0.15) is 11.7 Å². The van der Waals surface area contributed by atoms with Crippen molar-refractivity contribution < 1.29 is 9.90 Å². The van der Waals surface area contributed by atoms with Crippen molar-refractivity contribution in [3.63, 3.8) is 0 Å². The molecule has 2 aromatic rings. The highest BCUT2D eigenvalue weighted by molar-refractivity contribution is 9.10. The minimum Gasteiger partial charge on any atom is -0.480 e. The SMILES string of the molecule is NC(C(=O)O)c1csc(-c2cccc(Br)c2)n1. The standard InChI is InChI=1S/C11H9BrN2O2S/c12-7-3-1-2-6(4-7)10-14-8(5-17-10)9(13)11(15)16/h1-5,9H,13H2,(H,15,16). The summed E-state index contributed by atoms with van der Waals surface area (Å²) < 4.78 is 0.953. The van der Waals surface area contributed by atoms with E-state index in [9.17, 15) is 4.79 Å². The maximum Gasteiger partial charge on any atom is 0.326 e. The number of carbonyl (C=O) groups is 1. The molecule has 4 nitrogen and oxygen atoms in total. The number of aliphatic carboxylic acids is 1. The third-order valence-corrected chi connectivity index (χ3v) is 3.58. The summed E-state index contributed by atoms with van der Waals surface area (Å²) in [5, 5.41) is 11.2. The van der Waals surface area contributed by atoms with Crippen LogP contribution in [0.25, 0.3) is 10.6 Å². The Hall–Kier alpha value is -1.24. The zero-order valence-electron chi connectivity index (χ0n) is 8.63. The van der Waals surface area contributed by atoms with Gasteiger partial charge in [0.15, 0.2) is 0 Å². The highest BCUT2D eigenvalue weighted by Gasteiger charge is 2.18. The summed E-state index contributed by atoms with van der Waals surface area (Å²) >= 11 is 4.76. The molecular weight excluding hydrogens is 304 g/mol. The zero-order chi connectivity index (χ0) is 12.4. The Balaban J connectivity index is 2.33. The van der Waals surface area contributed by atoms with E-state index >= 15 is 0 Å². The average Bonchev–Trinajstić information content (AvgIpc) is 2.77. The number of aromatic nitrogens is 1. The molecule has 1 aromatic heterocycles. The number of rotatable bonds is 3. The molecule has 88 valence electrons. The Kier molecular flexibility index (Phi) is 3.56. The first-order valence-corrected chi connectivity index (χ1v) is 6.45. The van der Waals surface area contributed by atoms with Crippen LogP contribution in [0.2, 0.25) is 0 Å². The van der Waals surface area contributed by atoms with Crippen molar-refractivity contribution in [1.82, 2.24) is 4.98 Å². The van der Waals surface area contributed by atoms with Gasteiger partial charge in [-0.25, -0.2) is 4.98 Å². The number of nitrogens with two attached hydrogens (primary N) is 1. The van der Waals surface area contributed by atoms with Gasteiger partial charge in [-0.1, -0.05) is 28.1 Å². The quantitative estimate of drug-likeness (QED) is 0.913. The Labute approximate surface area is 110 Å². The summed E-state index contributed by atoms with van der Waals surface area (Å²) in [5.74, 6) is -1.07. The van der Waals surface area contributed by atoms with Crippen LogP contribution in [-0.4, -0.2) is 16.1 Å². The Bertz CT molecular complexity index is 556. The molecule has 0 aliphatic carbocycles. The molecule has 0 aliphatic heterocycles. The van der Waals surface area contributed by atoms with Gasteiger partial charge < -0.3 is 10.8 Å². The minimum atomic E-state index is -1.07. The van der Waals surface area contributed by atoms with Crippen molar-refractivity contribution in [3.05, 3.63) is 39.8 Å². The van der Waals surface area contributed by atoms with E-state index in [2.05, 4.69) is 20.9 Å². The highest BCUT2D eigenvalue weighted by Crippen LogP contribution is 2.27. The molecule has 2 rings (SSSR count). The molecule has 1 atom stereocenters. The third kappa shape index (κ3) is 2.71. The second kappa shape index (κ2) is 4.95.